The monoisotopic (exact) mass is 344 g/mol. The number of ether oxygens (including phenoxy) is 1. The zero-order valence-corrected chi connectivity index (χ0v) is 12.7. The first-order valence-corrected chi connectivity index (χ1v) is 7.22. The smallest absolute Gasteiger partial charge is 0.368 e. The van der Waals surface area contributed by atoms with Gasteiger partial charge >= 0.3 is 6.18 Å². The first-order valence-electron chi connectivity index (χ1n) is 7.22. The van der Waals surface area contributed by atoms with E-state index in [0.29, 0.717) is 18.9 Å². The Hall–Kier alpha value is -2.43. The number of aromatic nitrogens is 5. The van der Waals surface area contributed by atoms with E-state index in [0.717, 1.165) is 10.7 Å². The Bertz CT molecular complexity index is 712. The second-order valence-electron chi connectivity index (χ2n) is 5.45. The van der Waals surface area contributed by atoms with Crippen molar-refractivity contribution in [3.63, 3.8) is 0 Å². The molecular formula is C13H15F3N6O2. The van der Waals surface area contributed by atoms with Crippen LogP contribution in [-0.2, 0) is 22.3 Å². The summed E-state index contributed by atoms with van der Waals surface area (Å²) in [7, 11) is 0. The van der Waals surface area contributed by atoms with Gasteiger partial charge in [-0.25, -0.2) is 4.98 Å². The van der Waals surface area contributed by atoms with E-state index in [2.05, 4.69) is 25.6 Å². The Morgan fingerprint density at radius 2 is 2.33 bits per heavy atom. The first-order chi connectivity index (χ1) is 11.3. The molecule has 130 valence electrons. The fourth-order valence-electron chi connectivity index (χ4n) is 2.56. The summed E-state index contributed by atoms with van der Waals surface area (Å²) in [6.07, 6.45) is -3.09. The molecule has 3 heterocycles. The summed E-state index contributed by atoms with van der Waals surface area (Å²) in [5.41, 5.74) is -0.761. The number of aryl methyl sites for hydroxylation is 1. The molecule has 0 radical (unpaired) electrons. The molecule has 3 rings (SSSR count). The minimum atomic E-state index is -4.54. The molecule has 0 spiro atoms. The highest BCUT2D eigenvalue weighted by Gasteiger charge is 2.35. The third-order valence-electron chi connectivity index (χ3n) is 3.71. The molecule has 1 aliphatic heterocycles. The summed E-state index contributed by atoms with van der Waals surface area (Å²) in [6, 6.07) is 0.576. The van der Waals surface area contributed by atoms with E-state index in [9.17, 15) is 18.0 Å². The maximum Gasteiger partial charge on any atom is 0.435 e. The third-order valence-corrected chi connectivity index (χ3v) is 3.71. The van der Waals surface area contributed by atoms with Crippen LogP contribution in [0.1, 0.15) is 29.7 Å². The van der Waals surface area contributed by atoms with Crippen LogP contribution < -0.4 is 5.32 Å². The molecule has 1 amide bonds. The minimum Gasteiger partial charge on any atom is -0.368 e. The first kappa shape index (κ1) is 16.4. The molecule has 0 aliphatic carbocycles. The minimum absolute atomic E-state index is 0.256. The number of hydrogen-bond donors (Lipinski definition) is 2. The quantitative estimate of drug-likeness (QED) is 0.861. The van der Waals surface area contributed by atoms with Crippen molar-refractivity contribution in [2.45, 2.75) is 38.2 Å². The van der Waals surface area contributed by atoms with Gasteiger partial charge in [-0.1, -0.05) is 0 Å². The van der Waals surface area contributed by atoms with Gasteiger partial charge in [-0.15, -0.1) is 0 Å². The molecule has 24 heavy (non-hydrogen) atoms. The van der Waals surface area contributed by atoms with Crippen molar-refractivity contribution >= 4 is 5.91 Å². The molecule has 2 aromatic rings. The average molecular weight is 344 g/mol. The number of alkyl halides is 3. The number of rotatable bonds is 4. The fourth-order valence-corrected chi connectivity index (χ4v) is 2.56. The largest absolute Gasteiger partial charge is 0.435 e. The molecule has 0 bridgehead atoms. The zero-order chi connectivity index (χ0) is 17.3. The zero-order valence-electron chi connectivity index (χ0n) is 12.7. The summed E-state index contributed by atoms with van der Waals surface area (Å²) in [5, 5.41) is 12.6. The Kier molecular flexibility index (Phi) is 4.26. The van der Waals surface area contributed by atoms with Crippen molar-refractivity contribution in [1.82, 2.24) is 30.3 Å². The summed E-state index contributed by atoms with van der Waals surface area (Å²) in [4.78, 5) is 16.1. The van der Waals surface area contributed by atoms with Crippen LogP contribution in [0.5, 0.6) is 0 Å². The number of H-pyrrole nitrogens is 1. The maximum atomic E-state index is 12.6. The normalized spacial score (nSPS) is 21.2. The molecule has 8 nitrogen and oxygen atoms in total. The molecule has 2 N–H and O–H groups in total. The van der Waals surface area contributed by atoms with E-state index in [4.69, 9.17) is 4.74 Å². The molecule has 0 saturated carbocycles. The van der Waals surface area contributed by atoms with Crippen LogP contribution in [0.4, 0.5) is 13.2 Å². The van der Waals surface area contributed by atoms with Crippen LogP contribution in [-0.4, -0.2) is 43.5 Å². The molecule has 2 aromatic heterocycles. The van der Waals surface area contributed by atoms with Gasteiger partial charge in [0.05, 0.1) is 6.04 Å². The predicted octanol–water partition coefficient (Wildman–Crippen LogP) is 0.975. The van der Waals surface area contributed by atoms with Gasteiger partial charge in [0.15, 0.2) is 11.5 Å². The van der Waals surface area contributed by atoms with Gasteiger partial charge in [0.1, 0.15) is 19.0 Å². The van der Waals surface area contributed by atoms with Gasteiger partial charge in [-0.3, -0.25) is 14.6 Å². The molecule has 1 fully saturated rings. The lowest BCUT2D eigenvalue weighted by Gasteiger charge is -2.18. The van der Waals surface area contributed by atoms with Crippen LogP contribution in [0.15, 0.2) is 12.4 Å². The molecule has 11 heteroatoms. The summed E-state index contributed by atoms with van der Waals surface area (Å²) in [6.45, 7) is 1.60. The lowest BCUT2D eigenvalue weighted by atomic mass is 10.1. The molecule has 0 aromatic carbocycles. The van der Waals surface area contributed by atoms with Gasteiger partial charge in [0, 0.05) is 12.3 Å². The van der Waals surface area contributed by atoms with Gasteiger partial charge in [-0.2, -0.15) is 23.4 Å². The van der Waals surface area contributed by atoms with Crippen molar-refractivity contribution in [1.29, 1.82) is 0 Å². The third kappa shape index (κ3) is 3.40. The number of halogens is 3. The number of nitrogens with zero attached hydrogens (tertiary/aromatic N) is 4. The van der Waals surface area contributed by atoms with Crippen molar-refractivity contribution in [3.8, 4) is 0 Å². The number of hydrogen-bond acceptors (Lipinski definition) is 5. The molecule has 0 unspecified atom stereocenters. The van der Waals surface area contributed by atoms with Crippen molar-refractivity contribution in [2.75, 3.05) is 6.61 Å². The maximum absolute atomic E-state index is 12.6. The Labute approximate surface area is 134 Å². The van der Waals surface area contributed by atoms with Crippen LogP contribution >= 0.6 is 0 Å². The van der Waals surface area contributed by atoms with Crippen molar-refractivity contribution in [3.05, 3.63) is 29.6 Å². The van der Waals surface area contributed by atoms with Crippen LogP contribution in [0.2, 0.25) is 0 Å². The summed E-state index contributed by atoms with van der Waals surface area (Å²) in [5.74, 6) is 0.0439. The standard InChI is InChI=1S/C13H15F3N6O2/c1-7-4-9(13(14,15)16)21-22(7)5-10(23)19-8-2-3-24-11(8)12-17-6-18-20-12/h4,6,8,11H,2-3,5H2,1H3,(H,19,23)(H,17,18,20)/t8-,11+/m0/s1. The highest BCUT2D eigenvalue weighted by atomic mass is 19.4. The summed E-state index contributed by atoms with van der Waals surface area (Å²) >= 11 is 0. The number of nitrogens with one attached hydrogen (secondary N) is 2. The number of aromatic amines is 1. The van der Waals surface area contributed by atoms with Crippen molar-refractivity contribution in [2.24, 2.45) is 0 Å². The highest BCUT2D eigenvalue weighted by Crippen LogP contribution is 2.28. The van der Waals surface area contributed by atoms with E-state index >= 15 is 0 Å². The lowest BCUT2D eigenvalue weighted by Crippen LogP contribution is -2.39. The van der Waals surface area contributed by atoms with Crippen LogP contribution in [0.25, 0.3) is 0 Å². The van der Waals surface area contributed by atoms with Gasteiger partial charge in [0.25, 0.3) is 0 Å². The van der Waals surface area contributed by atoms with Gasteiger partial charge in [0.2, 0.25) is 5.91 Å². The van der Waals surface area contributed by atoms with E-state index in [1.54, 1.807) is 0 Å². The average Bonchev–Trinajstić information content (AvgIpc) is 3.19. The molecule has 2 atom stereocenters. The Morgan fingerprint density at radius 3 is 2.96 bits per heavy atom. The summed E-state index contributed by atoms with van der Waals surface area (Å²) < 4.78 is 44.5. The van der Waals surface area contributed by atoms with Crippen molar-refractivity contribution < 1.29 is 22.7 Å². The van der Waals surface area contributed by atoms with E-state index in [-0.39, 0.29) is 18.3 Å². The Balaban J connectivity index is 1.65. The molecule has 1 aliphatic rings. The number of carbonyl (C=O) groups excluding carboxylic acids is 1. The highest BCUT2D eigenvalue weighted by molar-refractivity contribution is 5.76. The second-order valence-corrected chi connectivity index (χ2v) is 5.45. The second kappa shape index (κ2) is 6.23. The molecule has 1 saturated heterocycles. The fraction of sp³-hybridized carbons (Fsp3) is 0.538. The molecular weight excluding hydrogens is 329 g/mol. The van der Waals surface area contributed by atoms with E-state index in [1.165, 1.54) is 13.3 Å². The topological polar surface area (TPSA) is 97.7 Å². The number of carbonyl (C=O) groups is 1. The SMILES string of the molecule is Cc1cc(C(F)(F)F)nn1CC(=O)N[C@H]1CCO[C@H]1c1ncn[nH]1. The lowest BCUT2D eigenvalue weighted by molar-refractivity contribution is -0.141. The van der Waals surface area contributed by atoms with E-state index < -0.39 is 23.9 Å². The predicted molar refractivity (Wildman–Crippen MR) is 73.6 cm³/mol. The van der Waals surface area contributed by atoms with Gasteiger partial charge in [-0.05, 0) is 19.4 Å². The van der Waals surface area contributed by atoms with Crippen LogP contribution in [0, 0.1) is 6.92 Å². The Morgan fingerprint density at radius 1 is 1.54 bits per heavy atom. The van der Waals surface area contributed by atoms with E-state index in [1.807, 2.05) is 0 Å². The number of amides is 1. The van der Waals surface area contributed by atoms with Gasteiger partial charge < -0.3 is 10.1 Å². The van der Waals surface area contributed by atoms with Crippen LogP contribution in [0.3, 0.4) is 0 Å².